The Kier molecular flexibility index (Phi) is 6.44. The summed E-state index contributed by atoms with van der Waals surface area (Å²) in [6.45, 7) is 8.66. The molecule has 2 heterocycles. The Morgan fingerprint density at radius 1 is 1.18 bits per heavy atom. The maximum Gasteiger partial charge on any atom is 0.276 e. The number of piperidine rings is 1. The molecule has 0 bridgehead atoms. The van der Waals surface area contributed by atoms with Crippen LogP contribution in [0.2, 0.25) is 0 Å². The molecule has 0 saturated carbocycles. The normalized spacial score (nSPS) is 14.9. The van der Waals surface area contributed by atoms with E-state index in [0.717, 1.165) is 18.4 Å². The third kappa shape index (κ3) is 4.58. The van der Waals surface area contributed by atoms with Gasteiger partial charge in [-0.2, -0.15) is 0 Å². The highest BCUT2D eigenvalue weighted by Crippen LogP contribution is 2.22. The number of likely N-dealkylation sites (tertiary alicyclic amines) is 1. The number of aryl methyl sites for hydroxylation is 1. The van der Waals surface area contributed by atoms with Gasteiger partial charge in [-0.1, -0.05) is 35.0 Å². The predicted molar refractivity (Wildman–Crippen MR) is 107 cm³/mol. The molecule has 2 amide bonds. The van der Waals surface area contributed by atoms with Crippen LogP contribution in [0.1, 0.15) is 54.3 Å². The molecule has 1 aromatic carbocycles. The number of carbonyl (C=O) groups is 2. The number of hydrogen-bond acceptors (Lipinski definition) is 4. The molecule has 28 heavy (non-hydrogen) atoms. The van der Waals surface area contributed by atoms with Crippen LogP contribution in [0.15, 0.2) is 30.5 Å². The van der Waals surface area contributed by atoms with Gasteiger partial charge in [-0.25, -0.2) is 4.68 Å². The van der Waals surface area contributed by atoms with E-state index in [4.69, 9.17) is 0 Å². The number of aromatic nitrogens is 3. The Morgan fingerprint density at radius 3 is 2.54 bits per heavy atom. The van der Waals surface area contributed by atoms with Crippen molar-refractivity contribution in [3.63, 3.8) is 0 Å². The standard InChI is InChI=1S/C21H29N5O2/c1-4-24(5-2)21(28)19-15-26(23-22-19)18-9-11-25(12-10-18)20(27)14-17-8-6-7-16(3)13-17/h6-8,13,15,18H,4-5,9-12,14H2,1-3H3. The Bertz CT molecular complexity index is 820. The van der Waals surface area contributed by atoms with E-state index >= 15 is 0 Å². The van der Waals surface area contributed by atoms with E-state index in [1.807, 2.05) is 43.9 Å². The monoisotopic (exact) mass is 383 g/mol. The van der Waals surface area contributed by atoms with E-state index in [1.54, 1.807) is 15.8 Å². The second-order valence-electron chi connectivity index (χ2n) is 7.34. The molecule has 150 valence electrons. The topological polar surface area (TPSA) is 71.3 Å². The SMILES string of the molecule is CCN(CC)C(=O)c1cn(C2CCN(C(=O)Cc3cccc(C)c3)CC2)nn1. The summed E-state index contributed by atoms with van der Waals surface area (Å²) in [6.07, 6.45) is 3.83. The van der Waals surface area contributed by atoms with Crippen LogP contribution in [0.4, 0.5) is 0 Å². The van der Waals surface area contributed by atoms with Crippen molar-refractivity contribution in [1.82, 2.24) is 24.8 Å². The number of amides is 2. The largest absolute Gasteiger partial charge is 0.342 e. The predicted octanol–water partition coefficient (Wildman–Crippen LogP) is 2.47. The number of hydrogen-bond donors (Lipinski definition) is 0. The molecule has 1 aromatic heterocycles. The molecule has 0 radical (unpaired) electrons. The van der Waals surface area contributed by atoms with Gasteiger partial charge in [0.15, 0.2) is 5.69 Å². The molecule has 7 heteroatoms. The fourth-order valence-corrected chi connectivity index (χ4v) is 3.71. The third-order valence-electron chi connectivity index (χ3n) is 5.41. The highest BCUT2D eigenvalue weighted by Gasteiger charge is 2.26. The van der Waals surface area contributed by atoms with Crippen molar-refractivity contribution in [1.29, 1.82) is 0 Å². The van der Waals surface area contributed by atoms with E-state index in [-0.39, 0.29) is 17.9 Å². The van der Waals surface area contributed by atoms with Gasteiger partial charge in [0.25, 0.3) is 5.91 Å². The maximum atomic E-state index is 12.6. The van der Waals surface area contributed by atoms with E-state index in [1.165, 1.54) is 5.56 Å². The van der Waals surface area contributed by atoms with Gasteiger partial charge in [-0.05, 0) is 39.2 Å². The maximum absolute atomic E-state index is 12.6. The van der Waals surface area contributed by atoms with Crippen molar-refractivity contribution in [3.8, 4) is 0 Å². The lowest BCUT2D eigenvalue weighted by molar-refractivity contribution is -0.131. The summed E-state index contributed by atoms with van der Waals surface area (Å²) in [7, 11) is 0. The molecule has 0 atom stereocenters. The van der Waals surface area contributed by atoms with Crippen LogP contribution in [-0.2, 0) is 11.2 Å². The van der Waals surface area contributed by atoms with E-state index in [0.29, 0.717) is 38.3 Å². The van der Waals surface area contributed by atoms with Crippen LogP contribution in [-0.4, -0.2) is 62.8 Å². The fourth-order valence-electron chi connectivity index (χ4n) is 3.71. The molecular formula is C21H29N5O2. The zero-order valence-electron chi connectivity index (χ0n) is 17.0. The van der Waals surface area contributed by atoms with Gasteiger partial charge in [0.1, 0.15) is 0 Å². The molecule has 3 rings (SSSR count). The Balaban J connectivity index is 1.55. The van der Waals surface area contributed by atoms with E-state index < -0.39 is 0 Å². The molecular weight excluding hydrogens is 354 g/mol. The minimum Gasteiger partial charge on any atom is -0.342 e. The molecule has 0 spiro atoms. The second-order valence-corrected chi connectivity index (χ2v) is 7.34. The number of rotatable bonds is 6. The smallest absolute Gasteiger partial charge is 0.276 e. The highest BCUT2D eigenvalue weighted by atomic mass is 16.2. The zero-order valence-corrected chi connectivity index (χ0v) is 17.0. The van der Waals surface area contributed by atoms with Crippen molar-refractivity contribution < 1.29 is 9.59 Å². The number of carbonyl (C=O) groups excluding carboxylic acids is 2. The van der Waals surface area contributed by atoms with Crippen LogP contribution in [0.3, 0.4) is 0 Å². The van der Waals surface area contributed by atoms with Crippen molar-refractivity contribution in [2.24, 2.45) is 0 Å². The minimum absolute atomic E-state index is 0.0815. The lowest BCUT2D eigenvalue weighted by atomic mass is 10.0. The first-order valence-electron chi connectivity index (χ1n) is 10.1. The lowest BCUT2D eigenvalue weighted by Crippen LogP contribution is -2.40. The average Bonchev–Trinajstić information content (AvgIpc) is 3.19. The van der Waals surface area contributed by atoms with Crippen molar-refractivity contribution >= 4 is 11.8 Å². The highest BCUT2D eigenvalue weighted by molar-refractivity contribution is 5.91. The molecule has 1 aliphatic heterocycles. The van der Waals surface area contributed by atoms with Crippen molar-refractivity contribution in [3.05, 3.63) is 47.3 Å². The molecule has 1 saturated heterocycles. The molecule has 0 N–H and O–H groups in total. The summed E-state index contributed by atoms with van der Waals surface area (Å²) in [5.41, 5.74) is 2.62. The lowest BCUT2D eigenvalue weighted by Gasteiger charge is -2.32. The molecule has 0 unspecified atom stereocenters. The summed E-state index contributed by atoms with van der Waals surface area (Å²) >= 11 is 0. The first kappa shape index (κ1) is 20.0. The first-order valence-corrected chi connectivity index (χ1v) is 10.1. The number of nitrogens with zero attached hydrogens (tertiary/aromatic N) is 5. The average molecular weight is 383 g/mol. The van der Waals surface area contributed by atoms with Gasteiger partial charge in [-0.15, -0.1) is 5.10 Å². The Labute approximate surface area is 166 Å². The van der Waals surface area contributed by atoms with Crippen molar-refractivity contribution in [2.75, 3.05) is 26.2 Å². The van der Waals surface area contributed by atoms with E-state index in [9.17, 15) is 9.59 Å². The molecule has 7 nitrogen and oxygen atoms in total. The Morgan fingerprint density at radius 2 is 1.89 bits per heavy atom. The fraction of sp³-hybridized carbons (Fsp3) is 0.524. The summed E-state index contributed by atoms with van der Waals surface area (Å²) < 4.78 is 1.79. The van der Waals surface area contributed by atoms with Crippen LogP contribution >= 0.6 is 0 Å². The first-order chi connectivity index (χ1) is 13.5. The van der Waals surface area contributed by atoms with Crippen LogP contribution < -0.4 is 0 Å². The molecule has 1 fully saturated rings. The van der Waals surface area contributed by atoms with Crippen LogP contribution in [0, 0.1) is 6.92 Å². The van der Waals surface area contributed by atoms with Crippen molar-refractivity contribution in [2.45, 2.75) is 46.1 Å². The second kappa shape index (κ2) is 8.99. The Hall–Kier alpha value is -2.70. The zero-order chi connectivity index (χ0) is 20.1. The van der Waals surface area contributed by atoms with Gasteiger partial charge in [0, 0.05) is 26.2 Å². The number of benzene rings is 1. The van der Waals surface area contributed by atoms with Gasteiger partial charge in [-0.3, -0.25) is 9.59 Å². The van der Waals surface area contributed by atoms with E-state index in [2.05, 4.69) is 16.4 Å². The minimum atomic E-state index is -0.0815. The van der Waals surface area contributed by atoms with Gasteiger partial charge in [0.2, 0.25) is 5.91 Å². The van der Waals surface area contributed by atoms with Crippen LogP contribution in [0.25, 0.3) is 0 Å². The molecule has 0 aliphatic carbocycles. The molecule has 1 aliphatic rings. The summed E-state index contributed by atoms with van der Waals surface area (Å²) in [6, 6.07) is 8.27. The third-order valence-corrected chi connectivity index (χ3v) is 5.41. The van der Waals surface area contributed by atoms with Gasteiger partial charge < -0.3 is 9.80 Å². The van der Waals surface area contributed by atoms with Crippen LogP contribution in [0.5, 0.6) is 0 Å². The summed E-state index contributed by atoms with van der Waals surface area (Å²) in [5.74, 6) is 0.0852. The van der Waals surface area contributed by atoms with Gasteiger partial charge >= 0.3 is 0 Å². The van der Waals surface area contributed by atoms with Gasteiger partial charge in [0.05, 0.1) is 18.7 Å². The quantitative estimate of drug-likeness (QED) is 0.768. The summed E-state index contributed by atoms with van der Waals surface area (Å²) in [4.78, 5) is 28.7. The molecule has 2 aromatic rings. The summed E-state index contributed by atoms with van der Waals surface area (Å²) in [5, 5.41) is 8.24.